The molecule has 1 fully saturated rings. The SMILES string of the molecule is CCOCCN(CC)CC1(C(C)C)CCNC1. The predicted molar refractivity (Wildman–Crippen MR) is 73.4 cm³/mol. The average molecular weight is 242 g/mol. The van der Waals surface area contributed by atoms with Gasteiger partial charge in [0.05, 0.1) is 6.61 Å². The van der Waals surface area contributed by atoms with Crippen molar-refractivity contribution in [3.8, 4) is 0 Å². The second-order valence-electron chi connectivity index (χ2n) is 5.51. The van der Waals surface area contributed by atoms with E-state index in [-0.39, 0.29) is 0 Å². The Morgan fingerprint density at radius 3 is 2.59 bits per heavy atom. The van der Waals surface area contributed by atoms with E-state index in [1.54, 1.807) is 0 Å². The summed E-state index contributed by atoms with van der Waals surface area (Å²) in [4.78, 5) is 2.54. The Labute approximate surface area is 107 Å². The molecule has 1 saturated heterocycles. The lowest BCUT2D eigenvalue weighted by Gasteiger charge is -2.37. The van der Waals surface area contributed by atoms with Crippen LogP contribution in [0, 0.1) is 11.3 Å². The quantitative estimate of drug-likeness (QED) is 0.659. The molecular formula is C14H30N2O. The molecule has 3 nitrogen and oxygen atoms in total. The third kappa shape index (κ3) is 4.23. The zero-order valence-corrected chi connectivity index (χ0v) is 12.1. The molecule has 3 heteroatoms. The van der Waals surface area contributed by atoms with Gasteiger partial charge >= 0.3 is 0 Å². The van der Waals surface area contributed by atoms with Gasteiger partial charge in [0.1, 0.15) is 0 Å². The topological polar surface area (TPSA) is 24.5 Å². The predicted octanol–water partition coefficient (Wildman–Crippen LogP) is 1.98. The Morgan fingerprint density at radius 2 is 2.12 bits per heavy atom. The van der Waals surface area contributed by atoms with Crippen LogP contribution in [0.3, 0.4) is 0 Å². The largest absolute Gasteiger partial charge is 0.380 e. The molecule has 0 saturated carbocycles. The van der Waals surface area contributed by atoms with Gasteiger partial charge in [-0.1, -0.05) is 20.8 Å². The van der Waals surface area contributed by atoms with Gasteiger partial charge in [-0.2, -0.15) is 0 Å². The lowest BCUT2D eigenvalue weighted by molar-refractivity contribution is 0.0772. The van der Waals surface area contributed by atoms with Crippen molar-refractivity contribution in [2.24, 2.45) is 11.3 Å². The summed E-state index contributed by atoms with van der Waals surface area (Å²) in [6.45, 7) is 16.5. The lowest BCUT2D eigenvalue weighted by atomic mass is 9.76. The molecule has 1 aliphatic heterocycles. The van der Waals surface area contributed by atoms with E-state index in [9.17, 15) is 0 Å². The Kier molecular flexibility index (Phi) is 6.45. The lowest BCUT2D eigenvalue weighted by Crippen LogP contribution is -2.43. The van der Waals surface area contributed by atoms with Gasteiger partial charge in [-0.25, -0.2) is 0 Å². The highest BCUT2D eigenvalue weighted by molar-refractivity contribution is 4.92. The first kappa shape index (κ1) is 14.9. The third-order valence-electron chi connectivity index (χ3n) is 4.24. The molecule has 0 amide bonds. The number of nitrogens with zero attached hydrogens (tertiary/aromatic N) is 1. The molecule has 0 aromatic heterocycles. The molecule has 0 radical (unpaired) electrons. The van der Waals surface area contributed by atoms with E-state index in [0.29, 0.717) is 5.41 Å². The summed E-state index contributed by atoms with van der Waals surface area (Å²) in [6, 6.07) is 0. The van der Waals surface area contributed by atoms with E-state index in [4.69, 9.17) is 4.74 Å². The van der Waals surface area contributed by atoms with Crippen LogP contribution in [0.1, 0.15) is 34.1 Å². The highest BCUT2D eigenvalue weighted by Crippen LogP contribution is 2.34. The van der Waals surface area contributed by atoms with Crippen molar-refractivity contribution in [3.05, 3.63) is 0 Å². The molecule has 0 bridgehead atoms. The monoisotopic (exact) mass is 242 g/mol. The normalized spacial score (nSPS) is 25.1. The molecule has 1 aliphatic rings. The van der Waals surface area contributed by atoms with Crippen molar-refractivity contribution in [2.75, 3.05) is 45.9 Å². The Bertz CT molecular complexity index is 200. The summed E-state index contributed by atoms with van der Waals surface area (Å²) in [5.74, 6) is 0.749. The van der Waals surface area contributed by atoms with Gasteiger partial charge in [-0.3, -0.25) is 0 Å². The molecule has 102 valence electrons. The number of hydrogen-bond donors (Lipinski definition) is 1. The molecule has 1 unspecified atom stereocenters. The van der Waals surface area contributed by atoms with Crippen LogP contribution >= 0.6 is 0 Å². The van der Waals surface area contributed by atoms with E-state index < -0.39 is 0 Å². The molecule has 1 N–H and O–H groups in total. The Hall–Kier alpha value is -0.120. The van der Waals surface area contributed by atoms with Gasteiger partial charge in [0.15, 0.2) is 0 Å². The maximum absolute atomic E-state index is 5.47. The molecule has 1 rings (SSSR count). The van der Waals surface area contributed by atoms with E-state index in [2.05, 4.69) is 37.9 Å². The number of nitrogens with one attached hydrogen (secondary N) is 1. The standard InChI is InChI=1S/C14H30N2O/c1-5-16(9-10-17-6-2)12-14(13(3)4)7-8-15-11-14/h13,15H,5-12H2,1-4H3. The van der Waals surface area contributed by atoms with Crippen LogP contribution in [0.5, 0.6) is 0 Å². The first-order valence-corrected chi connectivity index (χ1v) is 7.15. The minimum atomic E-state index is 0.474. The number of hydrogen-bond acceptors (Lipinski definition) is 3. The van der Waals surface area contributed by atoms with Gasteiger partial charge in [0.25, 0.3) is 0 Å². The first-order valence-electron chi connectivity index (χ1n) is 7.15. The minimum absolute atomic E-state index is 0.474. The summed E-state index contributed by atoms with van der Waals surface area (Å²) in [5, 5.41) is 3.53. The van der Waals surface area contributed by atoms with Crippen LogP contribution in [0.2, 0.25) is 0 Å². The minimum Gasteiger partial charge on any atom is -0.380 e. The second kappa shape index (κ2) is 7.34. The zero-order valence-electron chi connectivity index (χ0n) is 12.1. The molecule has 0 aliphatic carbocycles. The van der Waals surface area contributed by atoms with Crippen LogP contribution in [-0.4, -0.2) is 50.8 Å². The molecule has 0 spiro atoms. The molecule has 1 atom stereocenters. The number of rotatable bonds is 8. The molecular weight excluding hydrogens is 212 g/mol. The van der Waals surface area contributed by atoms with Crippen molar-refractivity contribution in [1.29, 1.82) is 0 Å². The van der Waals surface area contributed by atoms with Crippen molar-refractivity contribution < 1.29 is 4.74 Å². The molecule has 0 aromatic carbocycles. The fourth-order valence-electron chi connectivity index (χ4n) is 2.71. The van der Waals surface area contributed by atoms with E-state index in [0.717, 1.165) is 32.2 Å². The van der Waals surface area contributed by atoms with Gasteiger partial charge in [-0.15, -0.1) is 0 Å². The Balaban J connectivity index is 2.46. The fraction of sp³-hybridized carbons (Fsp3) is 1.00. The molecule has 0 aromatic rings. The third-order valence-corrected chi connectivity index (χ3v) is 4.24. The van der Waals surface area contributed by atoms with E-state index in [1.807, 2.05) is 0 Å². The zero-order chi connectivity index (χ0) is 12.7. The first-order chi connectivity index (χ1) is 8.14. The van der Waals surface area contributed by atoms with Crippen LogP contribution in [0.4, 0.5) is 0 Å². The van der Waals surface area contributed by atoms with Gasteiger partial charge < -0.3 is 15.0 Å². The fourth-order valence-corrected chi connectivity index (χ4v) is 2.71. The van der Waals surface area contributed by atoms with Crippen LogP contribution in [0.15, 0.2) is 0 Å². The van der Waals surface area contributed by atoms with Gasteiger partial charge in [0.2, 0.25) is 0 Å². The van der Waals surface area contributed by atoms with E-state index >= 15 is 0 Å². The maximum Gasteiger partial charge on any atom is 0.0593 e. The highest BCUT2D eigenvalue weighted by atomic mass is 16.5. The van der Waals surface area contributed by atoms with Gasteiger partial charge in [0, 0.05) is 26.2 Å². The van der Waals surface area contributed by atoms with Gasteiger partial charge in [-0.05, 0) is 37.8 Å². The van der Waals surface area contributed by atoms with Crippen LogP contribution < -0.4 is 5.32 Å². The summed E-state index contributed by atoms with van der Waals surface area (Å²) >= 11 is 0. The smallest absolute Gasteiger partial charge is 0.0593 e. The Morgan fingerprint density at radius 1 is 1.35 bits per heavy atom. The number of likely N-dealkylation sites (N-methyl/N-ethyl adjacent to an activating group) is 1. The summed E-state index contributed by atoms with van der Waals surface area (Å²) in [5.41, 5.74) is 0.474. The van der Waals surface area contributed by atoms with Crippen molar-refractivity contribution in [2.45, 2.75) is 34.1 Å². The average Bonchev–Trinajstić information content (AvgIpc) is 2.78. The van der Waals surface area contributed by atoms with Crippen LogP contribution in [0.25, 0.3) is 0 Å². The van der Waals surface area contributed by atoms with Crippen molar-refractivity contribution >= 4 is 0 Å². The molecule has 17 heavy (non-hydrogen) atoms. The van der Waals surface area contributed by atoms with E-state index in [1.165, 1.54) is 26.1 Å². The van der Waals surface area contributed by atoms with Crippen molar-refractivity contribution in [3.63, 3.8) is 0 Å². The highest BCUT2D eigenvalue weighted by Gasteiger charge is 2.37. The second-order valence-corrected chi connectivity index (χ2v) is 5.51. The maximum atomic E-state index is 5.47. The summed E-state index contributed by atoms with van der Waals surface area (Å²) < 4.78 is 5.47. The van der Waals surface area contributed by atoms with Crippen molar-refractivity contribution in [1.82, 2.24) is 10.2 Å². The summed E-state index contributed by atoms with van der Waals surface area (Å²) in [6.07, 6.45) is 1.32. The number of ether oxygens (including phenoxy) is 1. The summed E-state index contributed by atoms with van der Waals surface area (Å²) in [7, 11) is 0. The molecule has 1 heterocycles. The van der Waals surface area contributed by atoms with Crippen LogP contribution in [-0.2, 0) is 4.74 Å².